The van der Waals surface area contributed by atoms with Crippen LogP contribution in [0.3, 0.4) is 0 Å². The molecule has 0 aliphatic heterocycles. The van der Waals surface area contributed by atoms with Gasteiger partial charge in [0.05, 0.1) is 13.1 Å². The van der Waals surface area contributed by atoms with E-state index in [0.717, 1.165) is 18.3 Å². The van der Waals surface area contributed by atoms with Gasteiger partial charge in [-0.05, 0) is 38.1 Å². The summed E-state index contributed by atoms with van der Waals surface area (Å²) in [5, 5.41) is 9.18. The molecule has 0 radical (unpaired) electrons. The van der Waals surface area contributed by atoms with Gasteiger partial charge in [-0.1, -0.05) is 23.8 Å². The van der Waals surface area contributed by atoms with Crippen molar-refractivity contribution in [1.82, 2.24) is 10.6 Å². The van der Waals surface area contributed by atoms with E-state index in [2.05, 4.69) is 20.9 Å². The Morgan fingerprint density at radius 2 is 1.76 bits per heavy atom. The molecule has 0 saturated heterocycles. The van der Waals surface area contributed by atoms with Crippen LogP contribution in [0.5, 0.6) is 11.5 Å². The highest BCUT2D eigenvalue weighted by Crippen LogP contribution is 2.17. The van der Waals surface area contributed by atoms with Gasteiger partial charge in [-0.3, -0.25) is 4.79 Å². The molecule has 7 heteroatoms. The van der Waals surface area contributed by atoms with E-state index in [1.54, 1.807) is 6.07 Å². The highest BCUT2D eigenvalue weighted by Gasteiger charge is 2.00. The monoisotopic (exact) mass is 398 g/mol. The Bertz CT molecular complexity index is 791. The second kappa shape index (κ2) is 12.3. The van der Waals surface area contributed by atoms with Crippen LogP contribution in [0.15, 0.2) is 53.5 Å². The van der Waals surface area contributed by atoms with Crippen LogP contribution in [0.1, 0.15) is 19.4 Å². The molecule has 0 unspecified atom stereocenters. The minimum absolute atomic E-state index is 0.112. The van der Waals surface area contributed by atoms with Crippen LogP contribution in [0.4, 0.5) is 5.69 Å². The van der Waals surface area contributed by atoms with Crippen LogP contribution in [0.2, 0.25) is 0 Å². The lowest BCUT2D eigenvalue weighted by Gasteiger charge is -2.12. The Morgan fingerprint density at radius 3 is 2.48 bits per heavy atom. The Hall–Kier alpha value is -3.22. The molecule has 2 aromatic carbocycles. The van der Waals surface area contributed by atoms with E-state index in [-0.39, 0.29) is 5.91 Å². The average molecular weight is 399 g/mol. The van der Waals surface area contributed by atoms with E-state index in [1.165, 1.54) is 12.5 Å². The van der Waals surface area contributed by atoms with Crippen LogP contribution in [-0.4, -0.2) is 44.7 Å². The maximum absolute atomic E-state index is 11.1. The fourth-order valence-corrected chi connectivity index (χ4v) is 2.50. The van der Waals surface area contributed by atoms with Crippen LogP contribution in [0, 0.1) is 6.92 Å². The van der Waals surface area contributed by atoms with Crippen LogP contribution < -0.4 is 25.4 Å². The summed E-state index contributed by atoms with van der Waals surface area (Å²) in [6.07, 6.45) is 0. The molecule has 0 saturated carbocycles. The molecular formula is C22H30N4O3. The Kier molecular flexibility index (Phi) is 9.35. The van der Waals surface area contributed by atoms with Gasteiger partial charge in [-0.2, -0.15) is 0 Å². The summed E-state index contributed by atoms with van der Waals surface area (Å²) >= 11 is 0. The van der Waals surface area contributed by atoms with Crippen molar-refractivity contribution in [2.45, 2.75) is 20.8 Å². The van der Waals surface area contributed by atoms with Crippen molar-refractivity contribution in [3.8, 4) is 11.5 Å². The quantitative estimate of drug-likeness (QED) is 0.326. The van der Waals surface area contributed by atoms with Gasteiger partial charge in [-0.15, -0.1) is 0 Å². The van der Waals surface area contributed by atoms with E-state index >= 15 is 0 Å². The van der Waals surface area contributed by atoms with Gasteiger partial charge in [0.25, 0.3) is 0 Å². The first-order valence-corrected chi connectivity index (χ1v) is 9.79. The van der Waals surface area contributed by atoms with Gasteiger partial charge < -0.3 is 25.4 Å². The Morgan fingerprint density at radius 1 is 1.00 bits per heavy atom. The van der Waals surface area contributed by atoms with E-state index < -0.39 is 0 Å². The van der Waals surface area contributed by atoms with Crippen molar-refractivity contribution < 1.29 is 14.3 Å². The Labute approximate surface area is 172 Å². The zero-order valence-corrected chi connectivity index (χ0v) is 17.3. The smallest absolute Gasteiger partial charge is 0.221 e. The van der Waals surface area contributed by atoms with Crippen molar-refractivity contribution in [3.63, 3.8) is 0 Å². The topological polar surface area (TPSA) is 84.0 Å². The molecule has 0 aromatic heterocycles. The normalized spacial score (nSPS) is 10.9. The predicted molar refractivity (Wildman–Crippen MR) is 117 cm³/mol. The van der Waals surface area contributed by atoms with Gasteiger partial charge in [0.2, 0.25) is 5.91 Å². The van der Waals surface area contributed by atoms with Crippen LogP contribution in [-0.2, 0) is 4.79 Å². The van der Waals surface area contributed by atoms with Gasteiger partial charge >= 0.3 is 0 Å². The number of anilines is 1. The molecule has 0 fully saturated rings. The van der Waals surface area contributed by atoms with Crippen LogP contribution >= 0.6 is 0 Å². The standard InChI is InChI=1S/C22H30N4O3/c1-4-23-22(24-12-14-28-20-10-8-17(2)9-11-20)25-13-15-29-21-7-5-6-19(16-21)26-18(3)27/h5-11,16H,4,12-15H2,1-3H3,(H,26,27)(H2,23,24,25). The molecule has 1 amide bonds. The van der Waals surface area contributed by atoms with E-state index in [4.69, 9.17) is 9.47 Å². The number of ether oxygens (including phenoxy) is 2. The number of benzene rings is 2. The number of carbonyl (C=O) groups is 1. The van der Waals surface area contributed by atoms with Crippen molar-refractivity contribution >= 4 is 17.6 Å². The first-order valence-electron chi connectivity index (χ1n) is 9.79. The van der Waals surface area contributed by atoms with Gasteiger partial charge in [0.15, 0.2) is 5.96 Å². The molecule has 156 valence electrons. The number of nitrogens with one attached hydrogen (secondary N) is 3. The third-order valence-corrected chi connectivity index (χ3v) is 3.81. The summed E-state index contributed by atoms with van der Waals surface area (Å²) in [6, 6.07) is 15.3. The minimum Gasteiger partial charge on any atom is -0.492 e. The third-order valence-electron chi connectivity index (χ3n) is 3.81. The van der Waals surface area contributed by atoms with Crippen molar-refractivity contribution in [3.05, 3.63) is 54.1 Å². The largest absolute Gasteiger partial charge is 0.492 e. The van der Waals surface area contributed by atoms with Gasteiger partial charge in [0.1, 0.15) is 24.7 Å². The number of nitrogens with zero attached hydrogens (tertiary/aromatic N) is 1. The number of guanidine groups is 1. The number of carbonyl (C=O) groups excluding carboxylic acids is 1. The Balaban J connectivity index is 1.72. The second-order valence-corrected chi connectivity index (χ2v) is 6.41. The lowest BCUT2D eigenvalue weighted by Crippen LogP contribution is -2.39. The molecule has 0 heterocycles. The van der Waals surface area contributed by atoms with E-state index in [0.29, 0.717) is 37.7 Å². The molecule has 7 nitrogen and oxygen atoms in total. The molecule has 3 N–H and O–H groups in total. The number of hydrogen-bond donors (Lipinski definition) is 3. The highest BCUT2D eigenvalue weighted by molar-refractivity contribution is 5.88. The second-order valence-electron chi connectivity index (χ2n) is 6.41. The number of rotatable bonds is 10. The van der Waals surface area contributed by atoms with Crippen LogP contribution in [0.25, 0.3) is 0 Å². The van der Waals surface area contributed by atoms with Crippen molar-refractivity contribution in [2.75, 3.05) is 38.2 Å². The lowest BCUT2D eigenvalue weighted by molar-refractivity contribution is -0.114. The first-order chi connectivity index (χ1) is 14.1. The molecule has 29 heavy (non-hydrogen) atoms. The lowest BCUT2D eigenvalue weighted by atomic mass is 10.2. The SMILES string of the molecule is CCNC(=NCCOc1cccc(NC(C)=O)c1)NCCOc1ccc(C)cc1. The molecule has 0 bridgehead atoms. The van der Waals surface area contributed by atoms with Crippen molar-refractivity contribution in [2.24, 2.45) is 4.99 Å². The van der Waals surface area contributed by atoms with Gasteiger partial charge in [0, 0.05) is 25.2 Å². The number of hydrogen-bond acceptors (Lipinski definition) is 4. The summed E-state index contributed by atoms with van der Waals surface area (Å²) in [6.45, 7) is 8.42. The van der Waals surface area contributed by atoms with E-state index in [9.17, 15) is 4.79 Å². The fourth-order valence-electron chi connectivity index (χ4n) is 2.50. The summed E-state index contributed by atoms with van der Waals surface area (Å²) in [5.41, 5.74) is 1.92. The molecule has 0 aliphatic carbocycles. The molecule has 0 aliphatic rings. The van der Waals surface area contributed by atoms with Gasteiger partial charge in [-0.25, -0.2) is 4.99 Å². The zero-order valence-electron chi connectivity index (χ0n) is 17.3. The summed E-state index contributed by atoms with van der Waals surface area (Å²) in [4.78, 5) is 15.6. The highest BCUT2D eigenvalue weighted by atomic mass is 16.5. The fraction of sp³-hybridized carbons (Fsp3) is 0.364. The van der Waals surface area contributed by atoms with Crippen molar-refractivity contribution in [1.29, 1.82) is 0 Å². The number of aliphatic imine (C=N–C) groups is 1. The molecule has 0 atom stereocenters. The predicted octanol–water partition coefficient (Wildman–Crippen LogP) is 2.97. The summed E-state index contributed by atoms with van der Waals surface area (Å²) in [7, 11) is 0. The summed E-state index contributed by atoms with van der Waals surface area (Å²) < 4.78 is 11.4. The zero-order chi connectivity index (χ0) is 20.9. The number of aryl methyl sites for hydroxylation is 1. The molecule has 2 rings (SSSR count). The maximum atomic E-state index is 11.1. The minimum atomic E-state index is -0.112. The average Bonchev–Trinajstić information content (AvgIpc) is 2.69. The maximum Gasteiger partial charge on any atom is 0.221 e. The number of amides is 1. The summed E-state index contributed by atoms with van der Waals surface area (Å²) in [5.74, 6) is 2.15. The molecule has 0 spiro atoms. The van der Waals surface area contributed by atoms with E-state index in [1.807, 2.05) is 56.3 Å². The molecule has 2 aromatic rings. The third kappa shape index (κ3) is 9.01. The molecular weight excluding hydrogens is 368 g/mol. The first kappa shape index (κ1) is 22.1.